The zero-order valence-electron chi connectivity index (χ0n) is 9.78. The highest BCUT2D eigenvalue weighted by molar-refractivity contribution is 9.10. The number of nitrogens with zero attached hydrogens (tertiary/aromatic N) is 2. The van der Waals surface area contributed by atoms with E-state index < -0.39 is 5.97 Å². The molecule has 0 radical (unpaired) electrons. The number of nitrogens with one attached hydrogen (secondary N) is 1. The molecule has 0 unspecified atom stereocenters. The number of H-pyrrole nitrogens is 1. The molecule has 19 heavy (non-hydrogen) atoms. The van der Waals surface area contributed by atoms with Crippen LogP contribution in [-0.4, -0.2) is 33.1 Å². The van der Waals surface area contributed by atoms with Crippen LogP contribution in [0.3, 0.4) is 0 Å². The maximum Gasteiger partial charge on any atom is 0.361 e. The van der Waals surface area contributed by atoms with Gasteiger partial charge in [0, 0.05) is 0 Å². The highest BCUT2D eigenvalue weighted by atomic mass is 79.9. The van der Waals surface area contributed by atoms with Gasteiger partial charge in [-0.15, -0.1) is 5.10 Å². The van der Waals surface area contributed by atoms with Crippen molar-refractivity contribution in [3.8, 4) is 17.0 Å². The van der Waals surface area contributed by atoms with Crippen molar-refractivity contribution in [3.63, 3.8) is 0 Å². The Morgan fingerprint density at radius 1 is 1.53 bits per heavy atom. The Bertz CT molecular complexity index is 630. The Balaban J connectivity index is 2.58. The molecule has 0 spiro atoms. The second kappa shape index (κ2) is 5.58. The van der Waals surface area contributed by atoms with E-state index in [2.05, 4.69) is 31.3 Å². The molecule has 6 nitrogen and oxygen atoms in total. The molecule has 0 aliphatic rings. The predicted molar refractivity (Wildman–Crippen MR) is 72.2 cm³/mol. The van der Waals surface area contributed by atoms with Gasteiger partial charge in [0.05, 0.1) is 21.7 Å². The Labute approximate surface area is 121 Å². The minimum absolute atomic E-state index is 0.0304. The van der Waals surface area contributed by atoms with Gasteiger partial charge < -0.3 is 9.84 Å². The Morgan fingerprint density at radius 2 is 2.26 bits per heavy atom. The second-order valence-electron chi connectivity index (χ2n) is 3.49. The standard InChI is InChI=1S/C11H9BrClN3O3/c1-2-19-11(18)9-8(14-16-15-9)7-6(13)4-3-5(12)10(7)17/h3-4,17H,2H2,1H3,(H,14,15,16). The summed E-state index contributed by atoms with van der Waals surface area (Å²) in [6.07, 6.45) is 0. The number of phenols is 1. The molecular weight excluding hydrogens is 337 g/mol. The lowest BCUT2D eigenvalue weighted by atomic mass is 10.1. The number of carbonyl (C=O) groups is 1. The fourth-order valence-corrected chi connectivity index (χ4v) is 2.09. The van der Waals surface area contributed by atoms with E-state index in [0.29, 0.717) is 4.47 Å². The number of aromatic hydroxyl groups is 1. The average Bonchev–Trinajstić information content (AvgIpc) is 2.84. The quantitative estimate of drug-likeness (QED) is 0.834. The summed E-state index contributed by atoms with van der Waals surface area (Å²) in [4.78, 5) is 11.7. The monoisotopic (exact) mass is 345 g/mol. The molecule has 0 amide bonds. The first-order chi connectivity index (χ1) is 9.06. The molecule has 0 aliphatic heterocycles. The minimum atomic E-state index is -0.637. The number of benzene rings is 1. The highest BCUT2D eigenvalue weighted by Gasteiger charge is 2.24. The summed E-state index contributed by atoms with van der Waals surface area (Å²) < 4.78 is 5.30. The van der Waals surface area contributed by atoms with Crippen molar-refractivity contribution in [3.05, 3.63) is 27.3 Å². The van der Waals surface area contributed by atoms with Crippen LogP contribution in [0, 0.1) is 0 Å². The van der Waals surface area contributed by atoms with Crippen LogP contribution in [0.4, 0.5) is 0 Å². The first-order valence-electron chi connectivity index (χ1n) is 5.31. The number of carbonyl (C=O) groups excluding carboxylic acids is 1. The van der Waals surface area contributed by atoms with Gasteiger partial charge in [-0.05, 0) is 35.0 Å². The normalized spacial score (nSPS) is 10.5. The van der Waals surface area contributed by atoms with Crippen molar-refractivity contribution in [2.75, 3.05) is 6.61 Å². The van der Waals surface area contributed by atoms with Gasteiger partial charge in [-0.25, -0.2) is 4.79 Å². The number of halogens is 2. The van der Waals surface area contributed by atoms with E-state index >= 15 is 0 Å². The molecule has 1 heterocycles. The third-order valence-corrected chi connectivity index (χ3v) is 3.29. The lowest BCUT2D eigenvalue weighted by Crippen LogP contribution is -2.07. The Morgan fingerprint density at radius 3 is 2.95 bits per heavy atom. The van der Waals surface area contributed by atoms with Gasteiger partial charge in [-0.2, -0.15) is 10.3 Å². The molecule has 0 aliphatic carbocycles. The molecule has 8 heteroatoms. The summed E-state index contributed by atoms with van der Waals surface area (Å²) in [5.41, 5.74) is 0.326. The van der Waals surface area contributed by atoms with Crippen molar-refractivity contribution < 1.29 is 14.6 Å². The Kier molecular flexibility index (Phi) is 4.06. The summed E-state index contributed by atoms with van der Waals surface area (Å²) in [5, 5.41) is 20.2. The van der Waals surface area contributed by atoms with Gasteiger partial charge in [0.15, 0.2) is 5.69 Å². The third-order valence-electron chi connectivity index (χ3n) is 2.33. The maximum atomic E-state index is 11.7. The zero-order chi connectivity index (χ0) is 14.0. The van der Waals surface area contributed by atoms with Crippen molar-refractivity contribution in [1.82, 2.24) is 15.4 Å². The Hall–Kier alpha value is -1.60. The lowest BCUT2D eigenvalue weighted by Gasteiger charge is -2.07. The fourth-order valence-electron chi connectivity index (χ4n) is 1.51. The molecule has 0 saturated carbocycles. The predicted octanol–water partition coefficient (Wildman–Crippen LogP) is 2.77. The van der Waals surface area contributed by atoms with Crippen LogP contribution < -0.4 is 0 Å². The topological polar surface area (TPSA) is 88.1 Å². The van der Waals surface area contributed by atoms with Crippen LogP contribution in [-0.2, 0) is 4.74 Å². The zero-order valence-corrected chi connectivity index (χ0v) is 12.1. The van der Waals surface area contributed by atoms with Gasteiger partial charge in [0.1, 0.15) is 11.4 Å². The van der Waals surface area contributed by atoms with Crippen LogP contribution >= 0.6 is 27.5 Å². The van der Waals surface area contributed by atoms with E-state index in [1.807, 2.05) is 0 Å². The molecule has 1 aromatic heterocycles. The van der Waals surface area contributed by atoms with E-state index in [1.165, 1.54) is 0 Å². The summed E-state index contributed by atoms with van der Waals surface area (Å²) in [6.45, 7) is 1.89. The van der Waals surface area contributed by atoms with Gasteiger partial charge >= 0.3 is 5.97 Å². The van der Waals surface area contributed by atoms with E-state index in [0.717, 1.165) is 0 Å². The smallest absolute Gasteiger partial charge is 0.361 e. The number of hydrogen-bond acceptors (Lipinski definition) is 5. The number of hydrogen-bond donors (Lipinski definition) is 2. The average molecular weight is 347 g/mol. The number of esters is 1. The van der Waals surface area contributed by atoms with Crippen LogP contribution in [0.5, 0.6) is 5.75 Å². The molecule has 1 aromatic carbocycles. The van der Waals surface area contributed by atoms with E-state index in [-0.39, 0.29) is 34.3 Å². The lowest BCUT2D eigenvalue weighted by molar-refractivity contribution is 0.0520. The molecule has 0 fully saturated rings. The summed E-state index contributed by atoms with van der Waals surface area (Å²) in [6, 6.07) is 3.16. The maximum absolute atomic E-state index is 11.7. The van der Waals surface area contributed by atoms with Gasteiger partial charge in [0.2, 0.25) is 0 Å². The van der Waals surface area contributed by atoms with E-state index in [4.69, 9.17) is 16.3 Å². The number of phenolic OH excluding ortho intramolecular Hbond substituents is 1. The summed E-state index contributed by atoms with van der Waals surface area (Å²) in [5.74, 6) is -0.756. The van der Waals surface area contributed by atoms with Crippen molar-refractivity contribution in [2.45, 2.75) is 6.92 Å². The number of aromatic nitrogens is 3. The largest absolute Gasteiger partial charge is 0.506 e. The highest BCUT2D eigenvalue weighted by Crippen LogP contribution is 2.40. The minimum Gasteiger partial charge on any atom is -0.506 e. The summed E-state index contributed by atoms with van der Waals surface area (Å²) in [7, 11) is 0. The van der Waals surface area contributed by atoms with Crippen molar-refractivity contribution in [1.29, 1.82) is 0 Å². The van der Waals surface area contributed by atoms with Crippen LogP contribution in [0.25, 0.3) is 11.3 Å². The molecule has 2 rings (SSSR count). The van der Waals surface area contributed by atoms with Gasteiger partial charge in [0.25, 0.3) is 0 Å². The third kappa shape index (κ3) is 2.57. The molecule has 0 atom stereocenters. The molecular formula is C11H9BrClN3O3. The number of aromatic amines is 1. The molecule has 2 N–H and O–H groups in total. The summed E-state index contributed by atoms with van der Waals surface area (Å²) >= 11 is 9.21. The van der Waals surface area contributed by atoms with Crippen LogP contribution in [0.15, 0.2) is 16.6 Å². The van der Waals surface area contributed by atoms with Crippen LogP contribution in [0.1, 0.15) is 17.4 Å². The number of ether oxygens (including phenoxy) is 1. The van der Waals surface area contributed by atoms with Gasteiger partial charge in [-0.3, -0.25) is 0 Å². The SMILES string of the molecule is CCOC(=O)c1n[nH]nc1-c1c(Cl)ccc(Br)c1O. The van der Waals surface area contributed by atoms with E-state index in [1.54, 1.807) is 19.1 Å². The van der Waals surface area contributed by atoms with Crippen molar-refractivity contribution in [2.24, 2.45) is 0 Å². The first-order valence-corrected chi connectivity index (χ1v) is 6.48. The second-order valence-corrected chi connectivity index (χ2v) is 4.76. The first kappa shape index (κ1) is 13.8. The van der Waals surface area contributed by atoms with E-state index in [9.17, 15) is 9.90 Å². The van der Waals surface area contributed by atoms with Crippen LogP contribution in [0.2, 0.25) is 5.02 Å². The molecule has 0 saturated heterocycles. The number of rotatable bonds is 3. The van der Waals surface area contributed by atoms with Gasteiger partial charge in [-0.1, -0.05) is 11.6 Å². The molecule has 2 aromatic rings. The fraction of sp³-hybridized carbons (Fsp3) is 0.182. The van der Waals surface area contributed by atoms with Crippen molar-refractivity contribution >= 4 is 33.5 Å². The molecule has 0 bridgehead atoms. The molecule has 100 valence electrons.